The Labute approximate surface area is 115 Å². The van der Waals surface area contributed by atoms with Crippen LogP contribution in [0, 0.1) is 17.5 Å². The van der Waals surface area contributed by atoms with Crippen molar-refractivity contribution in [1.29, 1.82) is 0 Å². The molecule has 2 heterocycles. The van der Waals surface area contributed by atoms with Crippen molar-refractivity contribution in [2.75, 3.05) is 0 Å². The summed E-state index contributed by atoms with van der Waals surface area (Å²) in [5.41, 5.74) is 0.272. The summed E-state index contributed by atoms with van der Waals surface area (Å²) in [5, 5.41) is 11.8. The zero-order valence-electron chi connectivity index (χ0n) is 10.1. The summed E-state index contributed by atoms with van der Waals surface area (Å²) < 4.78 is 41.3. The molecule has 20 heavy (non-hydrogen) atoms. The number of hydrogen-bond acceptors (Lipinski definition) is 3. The van der Waals surface area contributed by atoms with Gasteiger partial charge in [-0.15, -0.1) is 11.3 Å². The number of aliphatic hydroxyl groups is 1. The molecule has 1 atom stereocenters. The van der Waals surface area contributed by atoms with Crippen molar-refractivity contribution in [3.63, 3.8) is 0 Å². The molecule has 0 fully saturated rings. The average molecular weight is 298 g/mol. The molecular formula is C13H9F3N2OS. The van der Waals surface area contributed by atoms with Gasteiger partial charge in [-0.05, 0) is 6.07 Å². The second-order valence-corrected chi connectivity index (χ2v) is 5.21. The fourth-order valence-electron chi connectivity index (χ4n) is 1.98. The predicted molar refractivity (Wildman–Crippen MR) is 68.0 cm³/mol. The van der Waals surface area contributed by atoms with Crippen LogP contribution in [0.25, 0.3) is 4.96 Å². The second-order valence-electron chi connectivity index (χ2n) is 4.33. The summed E-state index contributed by atoms with van der Waals surface area (Å²) in [6.07, 6.45) is 2.25. The maximum Gasteiger partial charge on any atom is 0.193 e. The van der Waals surface area contributed by atoms with E-state index in [0.29, 0.717) is 17.8 Å². The maximum absolute atomic E-state index is 13.5. The summed E-state index contributed by atoms with van der Waals surface area (Å²) in [7, 11) is 0. The van der Waals surface area contributed by atoms with E-state index in [4.69, 9.17) is 0 Å². The van der Waals surface area contributed by atoms with Crippen LogP contribution in [0.2, 0.25) is 0 Å². The molecule has 0 spiro atoms. The van der Waals surface area contributed by atoms with E-state index in [-0.39, 0.29) is 12.0 Å². The molecule has 0 aliphatic carbocycles. The van der Waals surface area contributed by atoms with Crippen LogP contribution in [0.5, 0.6) is 0 Å². The fourth-order valence-corrected chi connectivity index (χ4v) is 2.69. The van der Waals surface area contributed by atoms with Crippen LogP contribution < -0.4 is 0 Å². The van der Waals surface area contributed by atoms with E-state index < -0.39 is 23.6 Å². The smallest absolute Gasteiger partial charge is 0.193 e. The lowest BCUT2D eigenvalue weighted by molar-refractivity contribution is 0.171. The molecule has 104 valence electrons. The van der Waals surface area contributed by atoms with E-state index in [2.05, 4.69) is 4.98 Å². The minimum atomic E-state index is -1.28. The third kappa shape index (κ3) is 2.30. The van der Waals surface area contributed by atoms with Crippen molar-refractivity contribution in [2.45, 2.75) is 12.5 Å². The molecule has 0 saturated carbocycles. The first-order chi connectivity index (χ1) is 9.54. The zero-order valence-corrected chi connectivity index (χ0v) is 10.9. The second kappa shape index (κ2) is 4.92. The normalized spacial score (nSPS) is 13.0. The Morgan fingerprint density at radius 1 is 1.20 bits per heavy atom. The number of aliphatic hydroxyl groups excluding tert-OH is 1. The van der Waals surface area contributed by atoms with Gasteiger partial charge in [-0.1, -0.05) is 0 Å². The molecule has 3 rings (SSSR count). The quantitative estimate of drug-likeness (QED) is 0.755. The molecule has 0 aliphatic rings. The number of hydrogen-bond donors (Lipinski definition) is 1. The van der Waals surface area contributed by atoms with Gasteiger partial charge in [0.25, 0.3) is 0 Å². The molecule has 1 aromatic carbocycles. The van der Waals surface area contributed by atoms with Crippen molar-refractivity contribution < 1.29 is 18.3 Å². The Kier molecular flexibility index (Phi) is 3.23. The van der Waals surface area contributed by atoms with Crippen LogP contribution in [0.1, 0.15) is 17.4 Å². The molecule has 0 aliphatic heterocycles. The SMILES string of the molecule is OC(Cc1cn2ccsc2n1)c1cc(F)c(F)cc1F. The first-order valence-electron chi connectivity index (χ1n) is 5.78. The number of thiazole rings is 1. The first kappa shape index (κ1) is 13.1. The van der Waals surface area contributed by atoms with Crippen molar-refractivity contribution in [2.24, 2.45) is 0 Å². The van der Waals surface area contributed by atoms with Crippen molar-refractivity contribution in [1.82, 2.24) is 9.38 Å². The number of rotatable bonds is 3. The van der Waals surface area contributed by atoms with Gasteiger partial charge < -0.3 is 5.11 Å². The lowest BCUT2D eigenvalue weighted by Crippen LogP contribution is -2.06. The van der Waals surface area contributed by atoms with E-state index >= 15 is 0 Å². The van der Waals surface area contributed by atoms with Crippen LogP contribution in [0.15, 0.2) is 29.9 Å². The van der Waals surface area contributed by atoms with Gasteiger partial charge in [0.2, 0.25) is 0 Å². The highest BCUT2D eigenvalue weighted by atomic mass is 32.1. The molecule has 2 aromatic heterocycles. The van der Waals surface area contributed by atoms with Crippen LogP contribution in [0.4, 0.5) is 13.2 Å². The summed E-state index contributed by atoms with van der Waals surface area (Å²) in [5.74, 6) is -3.44. The molecule has 7 heteroatoms. The van der Waals surface area contributed by atoms with E-state index in [1.807, 2.05) is 5.38 Å². The Morgan fingerprint density at radius 3 is 2.70 bits per heavy atom. The summed E-state index contributed by atoms with van der Waals surface area (Å²) in [4.78, 5) is 4.99. The van der Waals surface area contributed by atoms with Gasteiger partial charge >= 0.3 is 0 Å². The predicted octanol–water partition coefficient (Wildman–Crippen LogP) is 3.09. The highest BCUT2D eigenvalue weighted by molar-refractivity contribution is 7.15. The van der Waals surface area contributed by atoms with Crippen molar-refractivity contribution in [3.8, 4) is 0 Å². The minimum Gasteiger partial charge on any atom is -0.388 e. The third-order valence-electron chi connectivity index (χ3n) is 2.94. The Balaban J connectivity index is 1.87. The summed E-state index contributed by atoms with van der Waals surface area (Å²) in [6, 6.07) is 1.10. The van der Waals surface area contributed by atoms with Gasteiger partial charge in [0.1, 0.15) is 5.82 Å². The molecule has 1 N–H and O–H groups in total. The zero-order chi connectivity index (χ0) is 14.3. The number of aromatic nitrogens is 2. The van der Waals surface area contributed by atoms with Gasteiger partial charge in [-0.3, -0.25) is 4.40 Å². The van der Waals surface area contributed by atoms with Crippen LogP contribution >= 0.6 is 11.3 Å². The highest BCUT2D eigenvalue weighted by Crippen LogP contribution is 2.24. The molecule has 3 nitrogen and oxygen atoms in total. The van der Waals surface area contributed by atoms with E-state index in [1.165, 1.54) is 11.3 Å². The molecular weight excluding hydrogens is 289 g/mol. The van der Waals surface area contributed by atoms with Gasteiger partial charge in [0.15, 0.2) is 16.6 Å². The lowest BCUT2D eigenvalue weighted by Gasteiger charge is -2.10. The molecule has 3 aromatic rings. The maximum atomic E-state index is 13.5. The van der Waals surface area contributed by atoms with Crippen LogP contribution in [0.3, 0.4) is 0 Å². The van der Waals surface area contributed by atoms with Crippen molar-refractivity contribution in [3.05, 3.63) is 58.6 Å². The first-order valence-corrected chi connectivity index (χ1v) is 6.66. The minimum absolute atomic E-state index is 0.0242. The van der Waals surface area contributed by atoms with E-state index in [9.17, 15) is 18.3 Å². The molecule has 0 amide bonds. The van der Waals surface area contributed by atoms with E-state index in [0.717, 1.165) is 4.96 Å². The summed E-state index contributed by atoms with van der Waals surface area (Å²) in [6.45, 7) is 0. The van der Waals surface area contributed by atoms with Gasteiger partial charge in [-0.25, -0.2) is 18.2 Å². The van der Waals surface area contributed by atoms with Gasteiger partial charge in [-0.2, -0.15) is 0 Å². The largest absolute Gasteiger partial charge is 0.388 e. The Hall–Kier alpha value is -1.86. The number of fused-ring (bicyclic) bond motifs is 1. The standard InChI is InChI=1S/C13H9F3N2OS/c14-9-5-11(16)10(15)4-8(9)12(19)3-7-6-18-1-2-20-13(18)17-7/h1-2,4-6,12,19H,3H2. The monoisotopic (exact) mass is 298 g/mol. The molecule has 0 saturated heterocycles. The van der Waals surface area contributed by atoms with Gasteiger partial charge in [0, 0.05) is 35.8 Å². The average Bonchev–Trinajstić information content (AvgIpc) is 2.94. The number of halogens is 3. The van der Waals surface area contributed by atoms with Crippen LogP contribution in [-0.4, -0.2) is 14.5 Å². The molecule has 0 bridgehead atoms. The van der Waals surface area contributed by atoms with E-state index in [1.54, 1.807) is 16.8 Å². The van der Waals surface area contributed by atoms with Crippen molar-refractivity contribution >= 4 is 16.3 Å². The highest BCUT2D eigenvalue weighted by Gasteiger charge is 2.18. The fraction of sp³-hybridized carbons (Fsp3) is 0.154. The Bertz CT molecular complexity index is 740. The number of benzene rings is 1. The number of imidazole rings is 1. The molecule has 0 radical (unpaired) electrons. The Morgan fingerprint density at radius 2 is 1.95 bits per heavy atom. The lowest BCUT2D eigenvalue weighted by atomic mass is 10.0. The summed E-state index contributed by atoms with van der Waals surface area (Å²) >= 11 is 1.43. The topological polar surface area (TPSA) is 37.5 Å². The van der Waals surface area contributed by atoms with Crippen LogP contribution in [-0.2, 0) is 6.42 Å². The molecule has 1 unspecified atom stereocenters. The van der Waals surface area contributed by atoms with Gasteiger partial charge in [0.05, 0.1) is 11.8 Å². The third-order valence-corrected chi connectivity index (χ3v) is 3.71. The number of nitrogens with zero attached hydrogens (tertiary/aromatic N) is 2.